The molecule has 0 spiro atoms. The number of sulfone groups is 1. The van der Waals surface area contributed by atoms with E-state index in [0.717, 1.165) is 7.05 Å². The Labute approximate surface area is 174 Å². The summed E-state index contributed by atoms with van der Waals surface area (Å²) in [7, 11) is -2.91. The highest BCUT2D eigenvalue weighted by molar-refractivity contribution is 7.90. The number of nitriles is 1. The van der Waals surface area contributed by atoms with Gasteiger partial charge < -0.3 is 10.1 Å². The molecular formula is C19H25F2N3O5S. The van der Waals surface area contributed by atoms with Crippen LogP contribution < -0.4 is 10.1 Å². The second-order valence-electron chi connectivity index (χ2n) is 7.09. The molecule has 0 aromatic heterocycles. The Morgan fingerprint density at radius 3 is 2.47 bits per heavy atom. The molecule has 1 rings (SSSR count). The zero-order valence-corrected chi connectivity index (χ0v) is 17.8. The van der Waals surface area contributed by atoms with Gasteiger partial charge in [0.05, 0.1) is 11.5 Å². The standard InChI is InChI=1S/C19H25F2N3O5S/c1-13(2)8-9-17(25)23-15(18(26)24(3)12-22)11-30(27,28)10-14-6-4-5-7-16(14)29-19(20)21/h4-7,13,15,19H,8-11H2,1-3H3,(H,23,25)/t15-/m0/s1. The van der Waals surface area contributed by atoms with Crippen molar-refractivity contribution in [2.45, 2.75) is 45.1 Å². The summed E-state index contributed by atoms with van der Waals surface area (Å²) in [6, 6.07) is 3.91. The summed E-state index contributed by atoms with van der Waals surface area (Å²) in [5.74, 6) is -2.97. The fourth-order valence-electron chi connectivity index (χ4n) is 2.53. The maximum atomic E-state index is 12.7. The number of carbonyl (C=O) groups is 2. The SMILES string of the molecule is CC(C)CCC(=O)N[C@@H](CS(=O)(=O)Cc1ccccc1OC(F)F)C(=O)N(C)C#N. The monoisotopic (exact) mass is 445 g/mol. The molecule has 2 amide bonds. The first-order chi connectivity index (χ1) is 13.9. The number of rotatable bonds is 11. The Balaban J connectivity index is 3.02. The van der Waals surface area contributed by atoms with Crippen LogP contribution in [0.25, 0.3) is 0 Å². The van der Waals surface area contributed by atoms with Gasteiger partial charge in [0.1, 0.15) is 11.8 Å². The van der Waals surface area contributed by atoms with Crippen molar-refractivity contribution in [3.63, 3.8) is 0 Å². The van der Waals surface area contributed by atoms with Gasteiger partial charge in [-0.1, -0.05) is 32.0 Å². The highest BCUT2D eigenvalue weighted by atomic mass is 32.2. The lowest BCUT2D eigenvalue weighted by Gasteiger charge is -2.20. The number of hydrogen-bond acceptors (Lipinski definition) is 6. The first-order valence-electron chi connectivity index (χ1n) is 9.15. The predicted octanol–water partition coefficient (Wildman–Crippen LogP) is 2.06. The second-order valence-corrected chi connectivity index (χ2v) is 9.20. The van der Waals surface area contributed by atoms with Crippen molar-refractivity contribution < 1.29 is 31.5 Å². The van der Waals surface area contributed by atoms with Crippen LogP contribution in [0.4, 0.5) is 8.78 Å². The third-order valence-corrected chi connectivity index (χ3v) is 5.64. The highest BCUT2D eigenvalue weighted by Gasteiger charge is 2.30. The summed E-state index contributed by atoms with van der Waals surface area (Å²) in [5.41, 5.74) is -0.0104. The summed E-state index contributed by atoms with van der Waals surface area (Å²) in [6.07, 6.45) is 2.19. The molecule has 0 heterocycles. The van der Waals surface area contributed by atoms with E-state index in [1.54, 1.807) is 6.19 Å². The van der Waals surface area contributed by atoms with E-state index in [1.165, 1.54) is 24.3 Å². The van der Waals surface area contributed by atoms with Crippen LogP contribution in [0.3, 0.4) is 0 Å². The molecule has 0 saturated heterocycles. The molecule has 0 bridgehead atoms. The predicted molar refractivity (Wildman–Crippen MR) is 105 cm³/mol. The molecule has 0 aliphatic carbocycles. The van der Waals surface area contributed by atoms with Gasteiger partial charge in [0, 0.05) is 19.0 Å². The highest BCUT2D eigenvalue weighted by Crippen LogP contribution is 2.23. The molecular weight excluding hydrogens is 420 g/mol. The first kappa shape index (κ1) is 25.3. The summed E-state index contributed by atoms with van der Waals surface area (Å²) in [5, 5.41) is 11.3. The van der Waals surface area contributed by atoms with Crippen molar-refractivity contribution in [3.05, 3.63) is 29.8 Å². The molecule has 30 heavy (non-hydrogen) atoms. The van der Waals surface area contributed by atoms with Crippen LogP contribution in [-0.2, 0) is 25.2 Å². The fraction of sp³-hybridized carbons (Fsp3) is 0.526. The van der Waals surface area contributed by atoms with E-state index in [-0.39, 0.29) is 23.7 Å². The normalized spacial score (nSPS) is 12.3. The molecule has 0 aliphatic heterocycles. The van der Waals surface area contributed by atoms with Gasteiger partial charge >= 0.3 is 6.61 Å². The average Bonchev–Trinajstić information content (AvgIpc) is 2.65. The van der Waals surface area contributed by atoms with Gasteiger partial charge in [-0.05, 0) is 18.4 Å². The number of nitrogens with one attached hydrogen (secondary N) is 1. The zero-order valence-electron chi connectivity index (χ0n) is 17.0. The molecule has 1 N–H and O–H groups in total. The summed E-state index contributed by atoms with van der Waals surface area (Å²) in [4.78, 5) is 25.1. The topological polar surface area (TPSA) is 117 Å². The number of likely N-dealkylation sites (N-methyl/N-ethyl adjacent to an activating group) is 1. The maximum absolute atomic E-state index is 12.7. The first-order valence-corrected chi connectivity index (χ1v) is 11.0. The van der Waals surface area contributed by atoms with Gasteiger partial charge in [-0.2, -0.15) is 14.0 Å². The fourth-order valence-corrected chi connectivity index (χ4v) is 4.09. The molecule has 0 aliphatic rings. The van der Waals surface area contributed by atoms with E-state index in [4.69, 9.17) is 5.26 Å². The molecule has 8 nitrogen and oxygen atoms in total. The number of nitrogens with zero attached hydrogens (tertiary/aromatic N) is 2. The zero-order chi connectivity index (χ0) is 22.9. The number of benzene rings is 1. The molecule has 0 unspecified atom stereocenters. The Kier molecular flexibility index (Phi) is 9.65. The summed E-state index contributed by atoms with van der Waals surface area (Å²) >= 11 is 0. The van der Waals surface area contributed by atoms with E-state index < -0.39 is 45.8 Å². The van der Waals surface area contributed by atoms with Gasteiger partial charge in [-0.15, -0.1) is 0 Å². The molecule has 0 saturated carbocycles. The average molecular weight is 445 g/mol. The molecule has 166 valence electrons. The third kappa shape index (κ3) is 8.73. The minimum absolute atomic E-state index is 0.0104. The Bertz CT molecular complexity index is 884. The maximum Gasteiger partial charge on any atom is 0.387 e. The van der Waals surface area contributed by atoms with Crippen LogP contribution in [0.1, 0.15) is 32.3 Å². The number of halogens is 2. The molecule has 1 aromatic carbocycles. The van der Waals surface area contributed by atoms with Gasteiger partial charge in [-0.3, -0.25) is 14.5 Å². The van der Waals surface area contributed by atoms with Crippen LogP contribution in [0, 0.1) is 17.4 Å². The Hall–Kier alpha value is -2.74. The molecule has 11 heteroatoms. The summed E-state index contributed by atoms with van der Waals surface area (Å²) < 4.78 is 54.8. The number of carbonyl (C=O) groups excluding carboxylic acids is 2. The van der Waals surface area contributed by atoms with E-state index in [0.29, 0.717) is 11.3 Å². The summed E-state index contributed by atoms with van der Waals surface area (Å²) in [6.45, 7) is 0.679. The van der Waals surface area contributed by atoms with Crippen molar-refractivity contribution in [1.82, 2.24) is 10.2 Å². The number of ether oxygens (including phenoxy) is 1. The van der Waals surface area contributed by atoms with Crippen LogP contribution in [-0.4, -0.2) is 50.6 Å². The second kappa shape index (κ2) is 11.4. The minimum atomic E-state index is -4.05. The lowest BCUT2D eigenvalue weighted by atomic mass is 10.1. The van der Waals surface area contributed by atoms with Crippen molar-refractivity contribution in [1.29, 1.82) is 5.26 Å². The quantitative estimate of drug-likeness (QED) is 0.412. The van der Waals surface area contributed by atoms with Crippen LogP contribution in [0.15, 0.2) is 24.3 Å². The van der Waals surface area contributed by atoms with Crippen LogP contribution >= 0.6 is 0 Å². The lowest BCUT2D eigenvalue weighted by Crippen LogP contribution is -2.50. The Morgan fingerprint density at radius 1 is 1.27 bits per heavy atom. The largest absolute Gasteiger partial charge is 0.435 e. The minimum Gasteiger partial charge on any atom is -0.435 e. The van der Waals surface area contributed by atoms with Crippen molar-refractivity contribution in [2.75, 3.05) is 12.8 Å². The number of alkyl halides is 2. The molecule has 0 radical (unpaired) electrons. The smallest absolute Gasteiger partial charge is 0.387 e. The molecule has 1 aromatic rings. The molecule has 1 atom stereocenters. The van der Waals surface area contributed by atoms with Crippen LogP contribution in [0.5, 0.6) is 5.75 Å². The third-order valence-electron chi connectivity index (χ3n) is 4.05. The van der Waals surface area contributed by atoms with E-state index >= 15 is 0 Å². The van der Waals surface area contributed by atoms with Gasteiger partial charge in [0.2, 0.25) is 5.91 Å². The number of hydrogen-bond donors (Lipinski definition) is 1. The Morgan fingerprint density at radius 2 is 1.90 bits per heavy atom. The van der Waals surface area contributed by atoms with Crippen molar-refractivity contribution in [2.24, 2.45) is 5.92 Å². The van der Waals surface area contributed by atoms with E-state index in [1.807, 2.05) is 13.8 Å². The van der Waals surface area contributed by atoms with Crippen molar-refractivity contribution in [3.8, 4) is 11.9 Å². The van der Waals surface area contributed by atoms with Gasteiger partial charge in [0.25, 0.3) is 5.91 Å². The van der Waals surface area contributed by atoms with Gasteiger partial charge in [0.15, 0.2) is 16.0 Å². The lowest BCUT2D eigenvalue weighted by molar-refractivity contribution is -0.132. The van der Waals surface area contributed by atoms with Crippen LogP contribution in [0.2, 0.25) is 0 Å². The van der Waals surface area contributed by atoms with E-state index in [2.05, 4.69) is 10.1 Å². The number of para-hydroxylation sites is 1. The van der Waals surface area contributed by atoms with Gasteiger partial charge in [-0.25, -0.2) is 8.42 Å². The number of amides is 2. The van der Waals surface area contributed by atoms with Crippen molar-refractivity contribution >= 4 is 21.7 Å². The van der Waals surface area contributed by atoms with E-state index in [9.17, 15) is 26.8 Å². The molecule has 0 fully saturated rings.